The van der Waals surface area contributed by atoms with Gasteiger partial charge in [0.05, 0.1) is 5.56 Å². The molecule has 0 atom stereocenters. The topological polar surface area (TPSA) is 35.2 Å². The van der Waals surface area contributed by atoms with Crippen LogP contribution in [0, 0.1) is 11.6 Å². The lowest BCUT2D eigenvalue weighted by molar-refractivity contribution is -0.138. The quantitative estimate of drug-likeness (QED) is 0.590. The molecule has 0 aliphatic carbocycles. The number of benzene rings is 2. The molecule has 2 aromatic rings. The zero-order valence-corrected chi connectivity index (χ0v) is 11.7. The number of alkyl halides is 3. The van der Waals surface area contributed by atoms with E-state index in [1.54, 1.807) is 0 Å². The van der Waals surface area contributed by atoms with Gasteiger partial charge in [0.2, 0.25) is 0 Å². The fourth-order valence-corrected chi connectivity index (χ4v) is 1.77. The van der Waals surface area contributed by atoms with E-state index in [0.29, 0.717) is 4.47 Å². The average molecular weight is 368 g/mol. The number of rotatable bonds is 2. The number of ether oxygens (including phenoxy) is 1. The Labute approximate surface area is 124 Å². The van der Waals surface area contributed by atoms with Crippen molar-refractivity contribution in [1.29, 1.82) is 0 Å². The summed E-state index contributed by atoms with van der Waals surface area (Å²) in [5.74, 6) is -3.84. The highest BCUT2D eigenvalue weighted by Gasteiger charge is 2.33. The summed E-state index contributed by atoms with van der Waals surface area (Å²) in [6.45, 7) is 0. The first kappa shape index (κ1) is 15.6. The molecule has 0 fully saturated rings. The van der Waals surface area contributed by atoms with Gasteiger partial charge in [-0.05, 0) is 40.2 Å². The van der Waals surface area contributed by atoms with Crippen molar-refractivity contribution in [3.63, 3.8) is 0 Å². The molecule has 2 nitrogen and oxygen atoms in total. The number of nitrogens with two attached hydrogens (primary N) is 1. The van der Waals surface area contributed by atoms with Crippen LogP contribution in [0.15, 0.2) is 34.8 Å². The van der Waals surface area contributed by atoms with Gasteiger partial charge < -0.3 is 10.5 Å². The third-order valence-corrected chi connectivity index (χ3v) is 3.24. The lowest BCUT2D eigenvalue weighted by Gasteiger charge is -2.12. The molecule has 8 heteroatoms. The Morgan fingerprint density at radius 1 is 1.00 bits per heavy atom. The highest BCUT2D eigenvalue weighted by molar-refractivity contribution is 9.10. The van der Waals surface area contributed by atoms with Crippen LogP contribution in [0.25, 0.3) is 0 Å². The van der Waals surface area contributed by atoms with Crippen LogP contribution in [0.3, 0.4) is 0 Å². The van der Waals surface area contributed by atoms with Gasteiger partial charge in [-0.1, -0.05) is 0 Å². The second-order valence-corrected chi connectivity index (χ2v) is 4.91. The summed E-state index contributed by atoms with van der Waals surface area (Å²) in [5.41, 5.74) is 4.39. The summed E-state index contributed by atoms with van der Waals surface area (Å²) < 4.78 is 69.9. The number of nitrogen functional groups attached to an aromatic ring is 1. The van der Waals surface area contributed by atoms with Gasteiger partial charge in [-0.15, -0.1) is 0 Å². The molecule has 2 N–H and O–H groups in total. The van der Waals surface area contributed by atoms with Gasteiger partial charge in [0, 0.05) is 16.2 Å². The average Bonchev–Trinajstić information content (AvgIpc) is 2.36. The maximum absolute atomic E-state index is 13.6. The maximum atomic E-state index is 13.6. The van der Waals surface area contributed by atoms with Gasteiger partial charge in [-0.2, -0.15) is 13.2 Å². The minimum Gasteiger partial charge on any atom is -0.451 e. The van der Waals surface area contributed by atoms with E-state index in [0.717, 1.165) is 0 Å². The van der Waals surface area contributed by atoms with E-state index in [9.17, 15) is 22.0 Å². The second-order valence-electron chi connectivity index (χ2n) is 4.05. The molecule has 0 amide bonds. The lowest BCUT2D eigenvalue weighted by Crippen LogP contribution is -2.07. The van der Waals surface area contributed by atoms with Crippen molar-refractivity contribution in [2.75, 3.05) is 5.73 Å². The molecule has 2 aromatic carbocycles. The Kier molecular flexibility index (Phi) is 4.08. The highest BCUT2D eigenvalue weighted by atomic mass is 79.9. The molecule has 0 spiro atoms. The zero-order valence-electron chi connectivity index (χ0n) is 10.1. The van der Waals surface area contributed by atoms with Gasteiger partial charge in [-0.25, -0.2) is 8.78 Å². The highest BCUT2D eigenvalue weighted by Crippen LogP contribution is 2.36. The van der Waals surface area contributed by atoms with Crippen molar-refractivity contribution in [3.8, 4) is 11.5 Å². The predicted molar refractivity (Wildman–Crippen MR) is 70.0 cm³/mol. The normalized spacial score (nSPS) is 11.5. The van der Waals surface area contributed by atoms with Gasteiger partial charge in [0.1, 0.15) is 5.75 Å². The van der Waals surface area contributed by atoms with Gasteiger partial charge >= 0.3 is 6.18 Å². The van der Waals surface area contributed by atoms with Crippen molar-refractivity contribution >= 4 is 21.6 Å². The number of halogens is 6. The van der Waals surface area contributed by atoms with Crippen molar-refractivity contribution in [3.05, 3.63) is 52.0 Å². The minimum atomic E-state index is -4.84. The number of hydrogen-bond donors (Lipinski definition) is 1. The first-order valence-corrected chi connectivity index (χ1v) is 6.27. The first-order valence-electron chi connectivity index (χ1n) is 5.47. The van der Waals surface area contributed by atoms with Crippen molar-refractivity contribution < 1.29 is 26.7 Å². The molecule has 0 aliphatic heterocycles. The molecule has 0 heterocycles. The molecular weight excluding hydrogens is 361 g/mol. The molecule has 0 radical (unpaired) electrons. The second kappa shape index (κ2) is 5.51. The summed E-state index contributed by atoms with van der Waals surface area (Å²) in [6.07, 6.45) is -4.84. The molecule has 0 bridgehead atoms. The summed E-state index contributed by atoms with van der Waals surface area (Å²) in [5, 5.41) is 0. The Morgan fingerprint density at radius 2 is 1.57 bits per heavy atom. The Hall–Kier alpha value is -1.83. The Bertz CT molecular complexity index is 664. The zero-order chi connectivity index (χ0) is 15.8. The van der Waals surface area contributed by atoms with E-state index < -0.39 is 29.1 Å². The van der Waals surface area contributed by atoms with Crippen LogP contribution in [0.2, 0.25) is 0 Å². The van der Waals surface area contributed by atoms with Crippen LogP contribution in [-0.2, 0) is 6.18 Å². The lowest BCUT2D eigenvalue weighted by atomic mass is 10.2. The van der Waals surface area contributed by atoms with Crippen molar-refractivity contribution in [2.45, 2.75) is 6.18 Å². The fraction of sp³-hybridized carbons (Fsp3) is 0.0769. The van der Waals surface area contributed by atoms with Crippen LogP contribution in [-0.4, -0.2) is 0 Å². The third-order valence-electron chi connectivity index (χ3n) is 2.51. The molecule has 0 aliphatic rings. The summed E-state index contributed by atoms with van der Waals surface area (Å²) in [6, 6.07) is 4.45. The van der Waals surface area contributed by atoms with Gasteiger partial charge in [0.15, 0.2) is 17.4 Å². The van der Waals surface area contributed by atoms with E-state index in [-0.39, 0.29) is 23.6 Å². The summed E-state index contributed by atoms with van der Waals surface area (Å²) in [4.78, 5) is 0. The Morgan fingerprint density at radius 3 is 2.05 bits per heavy atom. The number of hydrogen-bond acceptors (Lipinski definition) is 2. The monoisotopic (exact) mass is 367 g/mol. The molecule has 0 saturated carbocycles. The summed E-state index contributed by atoms with van der Waals surface area (Å²) >= 11 is 3.12. The predicted octanol–water partition coefficient (Wildman–Crippen LogP) is 5.12. The molecule has 0 unspecified atom stereocenters. The van der Waals surface area contributed by atoms with Gasteiger partial charge in [-0.3, -0.25) is 0 Å². The van der Waals surface area contributed by atoms with Crippen LogP contribution in [0.1, 0.15) is 5.56 Å². The standard InChI is InChI=1S/C13H7BrF5NO/c14-8-2-1-7(5-11(8)20)21-12-9(15)3-6(4-10(12)16)13(17,18)19/h1-5H,20H2. The maximum Gasteiger partial charge on any atom is 0.416 e. The molecule has 112 valence electrons. The van der Waals surface area contributed by atoms with E-state index in [2.05, 4.69) is 15.9 Å². The SMILES string of the molecule is Nc1cc(Oc2c(F)cc(C(F)(F)F)cc2F)ccc1Br. The van der Waals surface area contributed by atoms with Crippen LogP contribution in [0.4, 0.5) is 27.6 Å². The van der Waals surface area contributed by atoms with Crippen molar-refractivity contribution in [1.82, 2.24) is 0 Å². The van der Waals surface area contributed by atoms with Gasteiger partial charge in [0.25, 0.3) is 0 Å². The molecule has 2 rings (SSSR count). The Balaban J connectivity index is 2.39. The van der Waals surface area contributed by atoms with Crippen LogP contribution in [0.5, 0.6) is 11.5 Å². The molecular formula is C13H7BrF5NO. The number of anilines is 1. The minimum absolute atomic E-state index is 0.00624. The van der Waals surface area contributed by atoms with E-state index in [1.807, 2.05) is 0 Å². The molecule has 0 saturated heterocycles. The first-order chi connectivity index (χ1) is 9.68. The fourth-order valence-electron chi connectivity index (χ4n) is 1.52. The summed E-state index contributed by atoms with van der Waals surface area (Å²) in [7, 11) is 0. The molecule has 0 aromatic heterocycles. The molecule has 21 heavy (non-hydrogen) atoms. The van der Waals surface area contributed by atoms with E-state index in [4.69, 9.17) is 10.5 Å². The van der Waals surface area contributed by atoms with Crippen molar-refractivity contribution in [2.24, 2.45) is 0 Å². The largest absolute Gasteiger partial charge is 0.451 e. The van der Waals surface area contributed by atoms with E-state index in [1.165, 1.54) is 18.2 Å². The van der Waals surface area contributed by atoms with Crippen LogP contribution < -0.4 is 10.5 Å². The van der Waals surface area contributed by atoms with Crippen LogP contribution >= 0.6 is 15.9 Å². The smallest absolute Gasteiger partial charge is 0.416 e. The third kappa shape index (κ3) is 3.44. The van der Waals surface area contributed by atoms with E-state index >= 15 is 0 Å².